The van der Waals surface area contributed by atoms with Crippen LogP contribution >= 0.6 is 0 Å². The van der Waals surface area contributed by atoms with Crippen molar-refractivity contribution in [3.05, 3.63) is 18.2 Å². The summed E-state index contributed by atoms with van der Waals surface area (Å²) in [6.45, 7) is 2.78. The molecule has 0 amide bonds. The van der Waals surface area contributed by atoms with E-state index in [1.54, 1.807) is 6.07 Å². The highest BCUT2D eigenvalue weighted by Crippen LogP contribution is 2.24. The Morgan fingerprint density at radius 2 is 1.94 bits per heavy atom. The molecule has 92 valence electrons. The number of sulfone groups is 1. The van der Waals surface area contributed by atoms with Gasteiger partial charge < -0.3 is 9.64 Å². The molecule has 0 N–H and O–H groups in total. The topological polar surface area (TPSA) is 46.6 Å². The predicted octanol–water partition coefficient (Wildman–Crippen LogP) is -0.815. The Morgan fingerprint density at radius 3 is 2.53 bits per heavy atom. The van der Waals surface area contributed by atoms with Crippen molar-refractivity contribution in [3.8, 4) is 0 Å². The molecule has 1 heterocycles. The molecule has 0 spiro atoms. The lowest BCUT2D eigenvalue weighted by atomic mass is 9.95. The fraction of sp³-hybridized carbons (Fsp3) is 0.455. The number of morpholine rings is 1. The van der Waals surface area contributed by atoms with Crippen molar-refractivity contribution in [1.29, 1.82) is 0 Å². The van der Waals surface area contributed by atoms with Gasteiger partial charge in [-0.1, -0.05) is 11.5 Å². The Kier molecular flexibility index (Phi) is 3.44. The molecule has 1 fully saturated rings. The Labute approximate surface area is 103 Å². The number of hydrogen-bond donors (Lipinski definition) is 0. The van der Waals surface area contributed by atoms with Gasteiger partial charge in [0.2, 0.25) is 0 Å². The molecule has 0 aromatic heterocycles. The van der Waals surface area contributed by atoms with Gasteiger partial charge in [0.05, 0.1) is 23.8 Å². The van der Waals surface area contributed by atoms with Crippen molar-refractivity contribution >= 4 is 28.8 Å². The van der Waals surface area contributed by atoms with E-state index in [1.165, 1.54) is 6.26 Å². The van der Waals surface area contributed by atoms with Crippen LogP contribution in [0.25, 0.3) is 0 Å². The lowest BCUT2D eigenvalue weighted by Gasteiger charge is -2.30. The Balaban J connectivity index is 2.46. The summed E-state index contributed by atoms with van der Waals surface area (Å²) >= 11 is 0. The third-order valence-corrected chi connectivity index (χ3v) is 4.01. The quantitative estimate of drug-likeness (QED) is 0.646. The number of rotatable bonds is 2. The molecule has 1 aliphatic heterocycles. The second-order valence-corrected chi connectivity index (χ2v) is 6.33. The average molecular weight is 253 g/mol. The van der Waals surface area contributed by atoms with Gasteiger partial charge in [-0.3, -0.25) is 0 Å². The van der Waals surface area contributed by atoms with E-state index in [0.29, 0.717) is 18.1 Å². The van der Waals surface area contributed by atoms with E-state index in [1.807, 2.05) is 20.0 Å². The van der Waals surface area contributed by atoms with Crippen LogP contribution in [0.4, 0.5) is 5.69 Å². The highest BCUT2D eigenvalue weighted by Gasteiger charge is 2.19. The largest absolute Gasteiger partial charge is 0.378 e. The van der Waals surface area contributed by atoms with Gasteiger partial charge in [-0.2, -0.15) is 0 Å². The molecular formula is C11H16BNO3S. The summed E-state index contributed by atoms with van der Waals surface area (Å²) in [5, 5.41) is 0. The van der Waals surface area contributed by atoms with Crippen LogP contribution in [0.3, 0.4) is 0 Å². The zero-order chi connectivity index (χ0) is 12.5. The van der Waals surface area contributed by atoms with Gasteiger partial charge in [-0.25, -0.2) is 8.42 Å². The van der Waals surface area contributed by atoms with Crippen LogP contribution in [-0.2, 0) is 14.6 Å². The minimum absolute atomic E-state index is 0.407. The van der Waals surface area contributed by atoms with E-state index < -0.39 is 9.84 Å². The summed E-state index contributed by atoms with van der Waals surface area (Å²) in [6, 6.07) is 5.46. The maximum Gasteiger partial charge on any atom is 0.177 e. The van der Waals surface area contributed by atoms with E-state index in [9.17, 15) is 8.42 Å². The summed E-state index contributed by atoms with van der Waals surface area (Å²) in [6.07, 6.45) is 1.25. The lowest BCUT2D eigenvalue weighted by Crippen LogP contribution is -2.37. The van der Waals surface area contributed by atoms with Gasteiger partial charge in [-0.15, -0.1) is 0 Å². The van der Waals surface area contributed by atoms with E-state index >= 15 is 0 Å². The first kappa shape index (κ1) is 12.5. The molecule has 0 radical (unpaired) electrons. The SMILES string of the molecule is Bc1ccc(S(C)(=O)=O)c(N2CCOCC2)c1. The first-order chi connectivity index (χ1) is 7.98. The Hall–Kier alpha value is -1.01. The van der Waals surface area contributed by atoms with Crippen LogP contribution in [-0.4, -0.2) is 48.8 Å². The number of anilines is 1. The van der Waals surface area contributed by atoms with Crippen LogP contribution < -0.4 is 10.4 Å². The third-order valence-electron chi connectivity index (χ3n) is 2.87. The molecule has 0 atom stereocenters. The van der Waals surface area contributed by atoms with Gasteiger partial charge in [0, 0.05) is 19.3 Å². The lowest BCUT2D eigenvalue weighted by molar-refractivity contribution is 0.122. The molecule has 1 aromatic carbocycles. The van der Waals surface area contributed by atoms with Crippen LogP contribution in [0, 0.1) is 0 Å². The number of benzene rings is 1. The molecule has 0 unspecified atom stereocenters. The van der Waals surface area contributed by atoms with Crippen LogP contribution in [0.1, 0.15) is 0 Å². The third kappa shape index (κ3) is 2.81. The molecule has 1 aromatic rings. The Morgan fingerprint density at radius 1 is 1.29 bits per heavy atom. The van der Waals surface area contributed by atoms with E-state index in [-0.39, 0.29) is 0 Å². The molecule has 0 aliphatic carbocycles. The van der Waals surface area contributed by atoms with Gasteiger partial charge >= 0.3 is 0 Å². The zero-order valence-corrected chi connectivity index (χ0v) is 11.0. The van der Waals surface area contributed by atoms with Gasteiger partial charge in [0.1, 0.15) is 7.85 Å². The van der Waals surface area contributed by atoms with E-state index in [2.05, 4.69) is 4.90 Å². The van der Waals surface area contributed by atoms with Crippen molar-refractivity contribution in [3.63, 3.8) is 0 Å². The van der Waals surface area contributed by atoms with Gasteiger partial charge in [0.25, 0.3) is 0 Å². The normalized spacial score (nSPS) is 17.1. The summed E-state index contributed by atoms with van der Waals surface area (Å²) in [5.41, 5.74) is 1.87. The minimum atomic E-state index is -3.18. The molecule has 0 saturated carbocycles. The molecule has 4 nitrogen and oxygen atoms in total. The standard InChI is InChI=1S/C11H16BNO3S/c1-17(14,15)11-3-2-9(12)8-10(11)13-4-6-16-7-5-13/h2-3,8H,4-7,12H2,1H3. The van der Waals surface area contributed by atoms with Crippen molar-refractivity contribution in [2.45, 2.75) is 4.90 Å². The molecule has 6 heteroatoms. The molecule has 2 rings (SSSR count). The maximum absolute atomic E-state index is 11.7. The van der Waals surface area contributed by atoms with E-state index in [0.717, 1.165) is 24.2 Å². The van der Waals surface area contributed by atoms with Gasteiger partial charge in [-0.05, 0) is 12.1 Å². The maximum atomic E-state index is 11.7. The zero-order valence-electron chi connectivity index (χ0n) is 10.1. The number of hydrogen-bond acceptors (Lipinski definition) is 4. The molecule has 1 aliphatic rings. The van der Waals surface area contributed by atoms with Crippen molar-refractivity contribution in [2.24, 2.45) is 0 Å². The molecular weight excluding hydrogens is 237 g/mol. The van der Waals surface area contributed by atoms with Crippen LogP contribution in [0.15, 0.2) is 23.1 Å². The second-order valence-electron chi connectivity index (χ2n) is 4.34. The smallest absolute Gasteiger partial charge is 0.177 e. The fourth-order valence-corrected chi connectivity index (χ4v) is 2.88. The molecule has 1 saturated heterocycles. The van der Waals surface area contributed by atoms with Crippen LogP contribution in [0.5, 0.6) is 0 Å². The van der Waals surface area contributed by atoms with Crippen molar-refractivity contribution in [1.82, 2.24) is 0 Å². The fourth-order valence-electron chi connectivity index (χ4n) is 1.99. The Bertz CT molecular complexity index is 509. The number of nitrogens with zero attached hydrogens (tertiary/aromatic N) is 1. The monoisotopic (exact) mass is 253 g/mol. The number of ether oxygens (including phenoxy) is 1. The van der Waals surface area contributed by atoms with Gasteiger partial charge in [0.15, 0.2) is 9.84 Å². The summed E-state index contributed by atoms with van der Waals surface area (Å²) in [7, 11) is -1.21. The molecule has 0 bridgehead atoms. The highest BCUT2D eigenvalue weighted by molar-refractivity contribution is 7.90. The summed E-state index contributed by atoms with van der Waals surface area (Å²) < 4.78 is 28.8. The predicted molar refractivity (Wildman–Crippen MR) is 70.8 cm³/mol. The van der Waals surface area contributed by atoms with E-state index in [4.69, 9.17) is 4.74 Å². The highest BCUT2D eigenvalue weighted by atomic mass is 32.2. The average Bonchev–Trinajstić information content (AvgIpc) is 2.28. The van der Waals surface area contributed by atoms with Crippen molar-refractivity contribution < 1.29 is 13.2 Å². The van der Waals surface area contributed by atoms with Crippen molar-refractivity contribution in [2.75, 3.05) is 37.5 Å². The summed E-state index contributed by atoms with van der Waals surface area (Å²) in [5.74, 6) is 0. The second kappa shape index (κ2) is 4.70. The van der Waals surface area contributed by atoms with Crippen LogP contribution in [0.2, 0.25) is 0 Å². The minimum Gasteiger partial charge on any atom is -0.378 e. The summed E-state index contributed by atoms with van der Waals surface area (Å²) in [4.78, 5) is 2.48. The molecule has 17 heavy (non-hydrogen) atoms. The first-order valence-corrected chi connectivity index (χ1v) is 7.51. The first-order valence-electron chi connectivity index (χ1n) is 5.62.